The van der Waals surface area contributed by atoms with Gasteiger partial charge in [0.15, 0.2) is 0 Å². The molecule has 0 nitrogen and oxygen atoms in total. The Labute approximate surface area is 100 Å². The van der Waals surface area contributed by atoms with E-state index in [2.05, 4.69) is 45.8 Å². The standard InChI is InChI=1S/C12H8S3/c1-2-11(14-4-1)12-6-10(8-15-12)9-3-5-13-7-9/h1-8H. The lowest BCUT2D eigenvalue weighted by atomic mass is 10.2. The van der Waals surface area contributed by atoms with E-state index in [1.54, 1.807) is 22.7 Å². The van der Waals surface area contributed by atoms with Crippen LogP contribution in [0.3, 0.4) is 0 Å². The molecule has 3 heterocycles. The second-order valence-electron chi connectivity index (χ2n) is 3.19. The van der Waals surface area contributed by atoms with Crippen molar-refractivity contribution in [2.45, 2.75) is 0 Å². The molecule has 0 bridgehead atoms. The van der Waals surface area contributed by atoms with Crippen molar-refractivity contribution < 1.29 is 0 Å². The van der Waals surface area contributed by atoms with Crippen LogP contribution in [-0.2, 0) is 0 Å². The van der Waals surface area contributed by atoms with Gasteiger partial charge in [0.25, 0.3) is 0 Å². The summed E-state index contributed by atoms with van der Waals surface area (Å²) < 4.78 is 0. The maximum absolute atomic E-state index is 2.28. The summed E-state index contributed by atoms with van der Waals surface area (Å²) in [6.45, 7) is 0. The molecule has 3 aromatic rings. The van der Waals surface area contributed by atoms with Gasteiger partial charge in [-0.05, 0) is 50.8 Å². The molecule has 0 unspecified atom stereocenters. The molecule has 0 radical (unpaired) electrons. The zero-order valence-corrected chi connectivity index (χ0v) is 10.3. The number of hydrogen-bond donors (Lipinski definition) is 0. The van der Waals surface area contributed by atoms with Gasteiger partial charge in [0.1, 0.15) is 0 Å². The van der Waals surface area contributed by atoms with Crippen LogP contribution < -0.4 is 0 Å². The van der Waals surface area contributed by atoms with Crippen molar-refractivity contribution >= 4 is 34.0 Å². The van der Waals surface area contributed by atoms with Crippen molar-refractivity contribution in [1.29, 1.82) is 0 Å². The lowest BCUT2D eigenvalue weighted by molar-refractivity contribution is 1.83. The van der Waals surface area contributed by atoms with Crippen LogP contribution in [-0.4, -0.2) is 0 Å². The van der Waals surface area contributed by atoms with E-state index in [-0.39, 0.29) is 0 Å². The monoisotopic (exact) mass is 248 g/mol. The molecule has 0 aliphatic heterocycles. The maximum atomic E-state index is 2.28. The summed E-state index contributed by atoms with van der Waals surface area (Å²) in [4.78, 5) is 2.73. The van der Waals surface area contributed by atoms with Crippen LogP contribution in [0, 0.1) is 0 Å². The van der Waals surface area contributed by atoms with Gasteiger partial charge in [-0.25, -0.2) is 0 Å². The predicted octanol–water partition coefficient (Wildman–Crippen LogP) is 5.21. The quantitative estimate of drug-likeness (QED) is 0.584. The highest BCUT2D eigenvalue weighted by atomic mass is 32.1. The fourth-order valence-electron chi connectivity index (χ4n) is 1.46. The second kappa shape index (κ2) is 3.93. The van der Waals surface area contributed by atoms with Crippen LogP contribution in [0.5, 0.6) is 0 Å². The summed E-state index contributed by atoms with van der Waals surface area (Å²) in [7, 11) is 0. The minimum Gasteiger partial charge on any atom is -0.152 e. The molecule has 0 atom stereocenters. The molecular formula is C12H8S3. The van der Waals surface area contributed by atoms with E-state index in [1.165, 1.54) is 20.9 Å². The average molecular weight is 248 g/mol. The van der Waals surface area contributed by atoms with Crippen LogP contribution in [0.4, 0.5) is 0 Å². The van der Waals surface area contributed by atoms with Gasteiger partial charge in [-0.1, -0.05) is 6.07 Å². The number of thiophene rings is 3. The summed E-state index contributed by atoms with van der Waals surface area (Å²) in [6, 6.07) is 8.72. The third kappa shape index (κ3) is 1.78. The van der Waals surface area contributed by atoms with Crippen molar-refractivity contribution in [2.24, 2.45) is 0 Å². The minimum absolute atomic E-state index is 1.33. The van der Waals surface area contributed by atoms with E-state index in [0.717, 1.165) is 0 Å². The Morgan fingerprint density at radius 2 is 1.80 bits per heavy atom. The highest BCUT2D eigenvalue weighted by Crippen LogP contribution is 2.35. The van der Waals surface area contributed by atoms with E-state index >= 15 is 0 Å². The van der Waals surface area contributed by atoms with Crippen LogP contribution in [0.25, 0.3) is 20.9 Å². The third-order valence-corrected chi connectivity index (χ3v) is 4.90. The molecule has 0 saturated heterocycles. The van der Waals surface area contributed by atoms with Gasteiger partial charge in [0, 0.05) is 9.75 Å². The molecule has 0 spiro atoms. The van der Waals surface area contributed by atoms with E-state index in [1.807, 2.05) is 11.3 Å². The average Bonchev–Trinajstić information content (AvgIpc) is 3.02. The summed E-state index contributed by atoms with van der Waals surface area (Å²) in [6.07, 6.45) is 0. The topological polar surface area (TPSA) is 0 Å². The zero-order chi connectivity index (χ0) is 10.1. The molecule has 0 fully saturated rings. The van der Waals surface area contributed by atoms with Crippen molar-refractivity contribution in [3.63, 3.8) is 0 Å². The Hall–Kier alpha value is -0.900. The summed E-state index contributed by atoms with van der Waals surface area (Å²) in [5.41, 5.74) is 2.67. The Balaban J connectivity index is 2.02. The summed E-state index contributed by atoms with van der Waals surface area (Å²) >= 11 is 5.37. The first kappa shape index (κ1) is 9.33. The van der Waals surface area contributed by atoms with Crippen molar-refractivity contribution in [2.75, 3.05) is 0 Å². The van der Waals surface area contributed by atoms with Gasteiger partial charge >= 0.3 is 0 Å². The lowest BCUT2D eigenvalue weighted by Gasteiger charge is -1.89. The van der Waals surface area contributed by atoms with E-state index in [4.69, 9.17) is 0 Å². The van der Waals surface area contributed by atoms with Crippen LogP contribution >= 0.6 is 34.0 Å². The lowest BCUT2D eigenvalue weighted by Crippen LogP contribution is -1.64. The summed E-state index contributed by atoms with van der Waals surface area (Å²) in [5, 5.41) is 8.68. The number of hydrogen-bond acceptors (Lipinski definition) is 3. The molecule has 74 valence electrons. The molecule has 0 aliphatic rings. The molecule has 0 aromatic carbocycles. The minimum atomic E-state index is 1.33. The number of rotatable bonds is 2. The second-order valence-corrected chi connectivity index (χ2v) is 5.83. The van der Waals surface area contributed by atoms with Gasteiger partial charge in [-0.15, -0.1) is 22.7 Å². The van der Waals surface area contributed by atoms with Gasteiger partial charge < -0.3 is 0 Å². The Bertz CT molecular complexity index is 480. The molecule has 3 heteroatoms. The Morgan fingerprint density at radius 1 is 0.800 bits per heavy atom. The largest absolute Gasteiger partial charge is 0.152 e. The fourth-order valence-corrected chi connectivity index (χ4v) is 3.89. The molecule has 0 N–H and O–H groups in total. The SMILES string of the molecule is c1csc(-c2cc(-c3ccsc3)cs2)c1. The maximum Gasteiger partial charge on any atom is 0.0448 e. The normalized spacial score (nSPS) is 10.7. The summed E-state index contributed by atoms with van der Waals surface area (Å²) in [5.74, 6) is 0. The highest BCUT2D eigenvalue weighted by Gasteiger charge is 2.05. The first-order valence-corrected chi connectivity index (χ1v) is 7.29. The molecule has 3 rings (SSSR count). The van der Waals surface area contributed by atoms with E-state index in [0.29, 0.717) is 0 Å². The van der Waals surface area contributed by atoms with E-state index in [9.17, 15) is 0 Å². The Morgan fingerprint density at radius 3 is 2.53 bits per heavy atom. The molecule has 3 aromatic heterocycles. The van der Waals surface area contributed by atoms with Gasteiger partial charge in [0.05, 0.1) is 0 Å². The predicted molar refractivity (Wildman–Crippen MR) is 70.9 cm³/mol. The highest BCUT2D eigenvalue weighted by molar-refractivity contribution is 7.20. The van der Waals surface area contributed by atoms with E-state index < -0.39 is 0 Å². The van der Waals surface area contributed by atoms with Crippen LogP contribution in [0.15, 0.2) is 45.8 Å². The molecule has 0 saturated carbocycles. The third-order valence-electron chi connectivity index (χ3n) is 2.22. The molecule has 15 heavy (non-hydrogen) atoms. The van der Waals surface area contributed by atoms with Crippen molar-refractivity contribution in [3.05, 3.63) is 45.8 Å². The fraction of sp³-hybridized carbons (Fsp3) is 0. The van der Waals surface area contributed by atoms with Crippen molar-refractivity contribution in [1.82, 2.24) is 0 Å². The Kier molecular flexibility index (Phi) is 2.44. The first-order valence-electron chi connectivity index (χ1n) is 4.58. The molecular weight excluding hydrogens is 240 g/mol. The zero-order valence-electron chi connectivity index (χ0n) is 7.84. The van der Waals surface area contributed by atoms with Crippen molar-refractivity contribution in [3.8, 4) is 20.9 Å². The van der Waals surface area contributed by atoms with Gasteiger partial charge in [-0.2, -0.15) is 11.3 Å². The smallest absolute Gasteiger partial charge is 0.0448 e. The van der Waals surface area contributed by atoms with Crippen LogP contribution in [0.1, 0.15) is 0 Å². The van der Waals surface area contributed by atoms with Crippen LogP contribution in [0.2, 0.25) is 0 Å². The van der Waals surface area contributed by atoms with Gasteiger partial charge in [0.2, 0.25) is 0 Å². The molecule has 0 amide bonds. The van der Waals surface area contributed by atoms with Gasteiger partial charge in [-0.3, -0.25) is 0 Å². The molecule has 0 aliphatic carbocycles. The first-order chi connectivity index (χ1) is 7.43.